The molecule has 0 spiro atoms. The third kappa shape index (κ3) is 6.88. The van der Waals surface area contributed by atoms with Crippen molar-refractivity contribution in [1.29, 1.82) is 0 Å². The average Bonchev–Trinajstić information content (AvgIpc) is 2.40. The molecule has 0 saturated heterocycles. The van der Waals surface area contributed by atoms with E-state index >= 15 is 0 Å². The lowest BCUT2D eigenvalue weighted by Gasteiger charge is -2.12. The summed E-state index contributed by atoms with van der Waals surface area (Å²) in [7, 11) is 0. The van der Waals surface area contributed by atoms with Crippen molar-refractivity contribution in [2.45, 2.75) is 63.7 Å². The maximum Gasteiger partial charge on any atom is 0.0600 e. The van der Waals surface area contributed by atoms with Gasteiger partial charge in [-0.1, -0.05) is 75.1 Å². The molecule has 0 radical (unpaired) electrons. The monoisotopic (exact) mass is 320 g/mol. The molecule has 0 aliphatic heterocycles. The molecule has 0 saturated carbocycles. The summed E-state index contributed by atoms with van der Waals surface area (Å²) in [6, 6.07) is 5.49. The van der Waals surface area contributed by atoms with E-state index in [-0.39, 0.29) is 5.38 Å². The van der Waals surface area contributed by atoms with Gasteiger partial charge in [0.05, 0.1) is 5.38 Å². The molecule has 0 fully saturated rings. The summed E-state index contributed by atoms with van der Waals surface area (Å²) in [5.41, 5.74) is 0.960. The van der Waals surface area contributed by atoms with Crippen LogP contribution < -0.4 is 0 Å². The topological polar surface area (TPSA) is 0 Å². The fourth-order valence-electron chi connectivity index (χ4n) is 2.19. The van der Waals surface area contributed by atoms with Crippen molar-refractivity contribution in [2.75, 3.05) is 0 Å². The predicted molar refractivity (Wildman–Crippen MR) is 87.7 cm³/mol. The first-order chi connectivity index (χ1) is 9.15. The van der Waals surface area contributed by atoms with Crippen molar-refractivity contribution in [3.63, 3.8) is 0 Å². The minimum atomic E-state index is -0.0261. The minimum absolute atomic E-state index is 0.0261. The standard InChI is InChI=1S/C16H23Cl3/c1-2-3-4-5-6-7-8-9-15(18)14-12-13(17)10-11-16(14)19/h10-12,15H,2-9H2,1H3. The largest absolute Gasteiger partial charge is 0.118 e. The van der Waals surface area contributed by atoms with Gasteiger partial charge in [0, 0.05) is 10.0 Å². The lowest BCUT2D eigenvalue weighted by Crippen LogP contribution is -1.92. The minimum Gasteiger partial charge on any atom is -0.118 e. The average molecular weight is 322 g/mol. The van der Waals surface area contributed by atoms with Gasteiger partial charge in [-0.15, -0.1) is 11.6 Å². The van der Waals surface area contributed by atoms with Gasteiger partial charge in [0.2, 0.25) is 0 Å². The highest BCUT2D eigenvalue weighted by molar-refractivity contribution is 6.34. The van der Waals surface area contributed by atoms with Crippen molar-refractivity contribution in [2.24, 2.45) is 0 Å². The van der Waals surface area contributed by atoms with E-state index in [1.165, 1.54) is 38.5 Å². The summed E-state index contributed by atoms with van der Waals surface area (Å²) in [5.74, 6) is 0. The molecule has 108 valence electrons. The third-order valence-electron chi connectivity index (χ3n) is 3.36. The number of hydrogen-bond donors (Lipinski definition) is 0. The summed E-state index contributed by atoms with van der Waals surface area (Å²) in [5, 5.41) is 1.39. The molecule has 0 aliphatic carbocycles. The number of alkyl halides is 1. The van der Waals surface area contributed by atoms with E-state index in [0.717, 1.165) is 18.4 Å². The summed E-state index contributed by atoms with van der Waals surface area (Å²) in [6.45, 7) is 2.24. The van der Waals surface area contributed by atoms with Crippen LogP contribution in [0.25, 0.3) is 0 Å². The Kier molecular flexibility index (Phi) is 8.94. The molecule has 1 aromatic carbocycles. The fraction of sp³-hybridized carbons (Fsp3) is 0.625. The maximum atomic E-state index is 6.40. The van der Waals surface area contributed by atoms with Crippen LogP contribution in [0.4, 0.5) is 0 Å². The highest BCUT2D eigenvalue weighted by atomic mass is 35.5. The van der Waals surface area contributed by atoms with E-state index in [0.29, 0.717) is 10.0 Å². The molecule has 19 heavy (non-hydrogen) atoms. The summed E-state index contributed by atoms with van der Waals surface area (Å²) < 4.78 is 0. The first-order valence-corrected chi connectivity index (χ1v) is 8.43. The fourth-order valence-corrected chi connectivity index (χ4v) is 3.01. The van der Waals surface area contributed by atoms with Gasteiger partial charge < -0.3 is 0 Å². The highest BCUT2D eigenvalue weighted by Crippen LogP contribution is 2.33. The number of rotatable bonds is 9. The Morgan fingerprint density at radius 3 is 2.26 bits per heavy atom. The Morgan fingerprint density at radius 2 is 1.58 bits per heavy atom. The molecule has 1 rings (SSSR count). The van der Waals surface area contributed by atoms with Gasteiger partial charge in [0.15, 0.2) is 0 Å². The van der Waals surface area contributed by atoms with Crippen LogP contribution in [-0.2, 0) is 0 Å². The van der Waals surface area contributed by atoms with Crippen molar-refractivity contribution in [3.05, 3.63) is 33.8 Å². The molecule has 0 heterocycles. The summed E-state index contributed by atoms with van der Waals surface area (Å²) in [4.78, 5) is 0. The van der Waals surface area contributed by atoms with Crippen LogP contribution in [0.5, 0.6) is 0 Å². The zero-order valence-electron chi connectivity index (χ0n) is 11.6. The lowest BCUT2D eigenvalue weighted by atomic mass is 10.0. The van der Waals surface area contributed by atoms with Crippen LogP contribution in [-0.4, -0.2) is 0 Å². The van der Waals surface area contributed by atoms with Gasteiger partial charge in [-0.3, -0.25) is 0 Å². The van der Waals surface area contributed by atoms with Crippen molar-refractivity contribution in [1.82, 2.24) is 0 Å². The first-order valence-electron chi connectivity index (χ1n) is 7.24. The molecular formula is C16H23Cl3. The van der Waals surface area contributed by atoms with Gasteiger partial charge in [-0.05, 0) is 30.2 Å². The second-order valence-corrected chi connectivity index (χ2v) is 6.41. The highest BCUT2D eigenvalue weighted by Gasteiger charge is 2.12. The van der Waals surface area contributed by atoms with Crippen LogP contribution in [0.15, 0.2) is 18.2 Å². The van der Waals surface area contributed by atoms with Crippen molar-refractivity contribution >= 4 is 34.8 Å². The maximum absolute atomic E-state index is 6.40. The molecule has 0 N–H and O–H groups in total. The molecular weight excluding hydrogens is 299 g/mol. The molecule has 0 bridgehead atoms. The molecule has 0 aromatic heterocycles. The summed E-state index contributed by atoms with van der Waals surface area (Å²) in [6.07, 6.45) is 10.1. The second kappa shape index (κ2) is 9.91. The van der Waals surface area contributed by atoms with E-state index in [4.69, 9.17) is 34.8 Å². The molecule has 1 aromatic rings. The van der Waals surface area contributed by atoms with E-state index in [2.05, 4.69) is 6.92 Å². The van der Waals surface area contributed by atoms with Gasteiger partial charge >= 0.3 is 0 Å². The van der Waals surface area contributed by atoms with Crippen molar-refractivity contribution in [3.8, 4) is 0 Å². The van der Waals surface area contributed by atoms with Gasteiger partial charge in [-0.2, -0.15) is 0 Å². The Balaban J connectivity index is 2.23. The van der Waals surface area contributed by atoms with E-state index < -0.39 is 0 Å². The second-order valence-electron chi connectivity index (χ2n) is 5.04. The Morgan fingerprint density at radius 1 is 0.947 bits per heavy atom. The summed E-state index contributed by atoms with van der Waals surface area (Å²) >= 11 is 18.5. The number of hydrogen-bond acceptors (Lipinski definition) is 0. The van der Waals surface area contributed by atoms with Crippen LogP contribution >= 0.6 is 34.8 Å². The predicted octanol–water partition coefficient (Wildman–Crippen LogP) is 7.41. The number of halogens is 3. The molecule has 0 aliphatic rings. The van der Waals surface area contributed by atoms with E-state index in [9.17, 15) is 0 Å². The third-order valence-corrected chi connectivity index (χ3v) is 4.39. The van der Waals surface area contributed by atoms with Gasteiger partial charge in [0.1, 0.15) is 0 Å². The zero-order valence-corrected chi connectivity index (χ0v) is 13.9. The smallest absolute Gasteiger partial charge is 0.0600 e. The van der Waals surface area contributed by atoms with Crippen molar-refractivity contribution < 1.29 is 0 Å². The molecule has 0 amide bonds. The molecule has 0 nitrogen and oxygen atoms in total. The van der Waals surface area contributed by atoms with E-state index in [1.54, 1.807) is 6.07 Å². The zero-order chi connectivity index (χ0) is 14.1. The SMILES string of the molecule is CCCCCCCCCC(Cl)c1cc(Cl)ccc1Cl. The van der Waals surface area contributed by atoms with Crippen LogP contribution in [0.2, 0.25) is 10.0 Å². The van der Waals surface area contributed by atoms with Crippen LogP contribution in [0.3, 0.4) is 0 Å². The van der Waals surface area contributed by atoms with E-state index in [1.807, 2.05) is 12.1 Å². The van der Waals surface area contributed by atoms with Crippen LogP contribution in [0.1, 0.15) is 69.2 Å². The van der Waals surface area contributed by atoms with Gasteiger partial charge in [0.25, 0.3) is 0 Å². The Bertz CT molecular complexity index is 363. The normalized spacial score (nSPS) is 12.6. The van der Waals surface area contributed by atoms with Gasteiger partial charge in [-0.25, -0.2) is 0 Å². The quantitative estimate of drug-likeness (QED) is 0.328. The first kappa shape index (κ1) is 17.1. The number of benzene rings is 1. The molecule has 1 unspecified atom stereocenters. The van der Waals surface area contributed by atoms with Crippen LogP contribution in [0, 0.1) is 0 Å². The molecule has 1 atom stereocenters. The lowest BCUT2D eigenvalue weighted by molar-refractivity contribution is 0.572. The Labute approximate surface area is 132 Å². The molecule has 3 heteroatoms. The Hall–Kier alpha value is 0.0900. The number of unbranched alkanes of at least 4 members (excludes halogenated alkanes) is 6.